The van der Waals surface area contributed by atoms with Crippen molar-refractivity contribution in [1.82, 2.24) is 0 Å². The Morgan fingerprint density at radius 3 is 2.43 bits per heavy atom. The highest BCUT2D eigenvalue weighted by Gasteiger charge is 2.16. The normalized spacial score (nSPS) is 21.9. The third-order valence-electron chi connectivity index (χ3n) is 1.38. The minimum atomic E-state index is 0.394. The molecule has 42 valence electrons. The lowest BCUT2D eigenvalue weighted by Crippen LogP contribution is -2.24. The summed E-state index contributed by atoms with van der Waals surface area (Å²) in [4.78, 5) is 0. The summed E-state index contributed by atoms with van der Waals surface area (Å²) in [7, 11) is 0. The number of rotatable bonds is 2. The third-order valence-corrected chi connectivity index (χ3v) is 1.38. The van der Waals surface area contributed by atoms with E-state index in [2.05, 4.69) is 0 Å². The predicted molar refractivity (Wildman–Crippen MR) is 27.8 cm³/mol. The first-order valence-corrected chi connectivity index (χ1v) is 2.75. The van der Waals surface area contributed by atoms with Crippen LogP contribution < -0.4 is 5.73 Å². The van der Waals surface area contributed by atoms with Crippen molar-refractivity contribution < 1.29 is 4.74 Å². The van der Waals surface area contributed by atoms with Crippen LogP contribution in [0.5, 0.6) is 0 Å². The lowest BCUT2D eigenvalue weighted by molar-refractivity contribution is 0.00604. The van der Waals surface area contributed by atoms with Crippen LogP contribution in [0.2, 0.25) is 0 Å². The SMILES string of the molecule is NCOC1CCC1. The van der Waals surface area contributed by atoms with Gasteiger partial charge in [0.15, 0.2) is 0 Å². The Labute approximate surface area is 43.6 Å². The summed E-state index contributed by atoms with van der Waals surface area (Å²) in [5.41, 5.74) is 5.12. The van der Waals surface area contributed by atoms with Crippen LogP contribution in [0.3, 0.4) is 0 Å². The van der Waals surface area contributed by atoms with E-state index in [1.807, 2.05) is 0 Å². The Hall–Kier alpha value is -0.0800. The van der Waals surface area contributed by atoms with Crippen molar-refractivity contribution in [1.29, 1.82) is 0 Å². The number of ether oxygens (including phenoxy) is 1. The zero-order valence-corrected chi connectivity index (χ0v) is 4.39. The number of hydrogen-bond donors (Lipinski definition) is 1. The quantitative estimate of drug-likeness (QED) is 0.513. The van der Waals surface area contributed by atoms with E-state index in [4.69, 9.17) is 10.5 Å². The summed E-state index contributed by atoms with van der Waals surface area (Å²) >= 11 is 0. The maximum Gasteiger partial charge on any atom is 0.0944 e. The summed E-state index contributed by atoms with van der Waals surface area (Å²) in [6.45, 7) is 0.394. The van der Waals surface area contributed by atoms with Crippen LogP contribution in [0.15, 0.2) is 0 Å². The lowest BCUT2D eigenvalue weighted by Gasteiger charge is -2.24. The van der Waals surface area contributed by atoms with Crippen LogP contribution in [-0.2, 0) is 4.74 Å². The average Bonchev–Trinajstić information content (AvgIpc) is 1.55. The molecule has 0 saturated heterocycles. The number of hydrogen-bond acceptors (Lipinski definition) is 2. The molecule has 0 bridgehead atoms. The lowest BCUT2D eigenvalue weighted by atomic mass is 9.96. The summed E-state index contributed by atoms with van der Waals surface area (Å²) in [5, 5.41) is 0. The maximum absolute atomic E-state index is 5.12. The molecule has 1 fully saturated rings. The summed E-state index contributed by atoms with van der Waals surface area (Å²) in [5.74, 6) is 0. The molecule has 0 heterocycles. The van der Waals surface area contributed by atoms with Crippen molar-refractivity contribution in [2.24, 2.45) is 5.73 Å². The van der Waals surface area contributed by atoms with Gasteiger partial charge < -0.3 is 10.5 Å². The molecule has 0 aromatic carbocycles. The van der Waals surface area contributed by atoms with Gasteiger partial charge in [-0.05, 0) is 19.3 Å². The van der Waals surface area contributed by atoms with E-state index in [1.54, 1.807) is 0 Å². The molecule has 7 heavy (non-hydrogen) atoms. The molecule has 0 aliphatic heterocycles. The molecule has 1 saturated carbocycles. The highest BCUT2D eigenvalue weighted by Crippen LogP contribution is 2.20. The summed E-state index contributed by atoms with van der Waals surface area (Å²) in [6.07, 6.45) is 4.27. The Balaban J connectivity index is 1.93. The highest BCUT2D eigenvalue weighted by atomic mass is 16.5. The molecular weight excluding hydrogens is 90.1 g/mol. The zero-order valence-electron chi connectivity index (χ0n) is 4.39. The molecule has 0 atom stereocenters. The van der Waals surface area contributed by atoms with E-state index in [1.165, 1.54) is 19.3 Å². The van der Waals surface area contributed by atoms with E-state index in [9.17, 15) is 0 Å². The fourth-order valence-electron chi connectivity index (χ4n) is 0.674. The second-order valence-corrected chi connectivity index (χ2v) is 1.89. The van der Waals surface area contributed by atoms with Crippen molar-refractivity contribution in [3.05, 3.63) is 0 Å². The van der Waals surface area contributed by atoms with Gasteiger partial charge >= 0.3 is 0 Å². The summed E-state index contributed by atoms with van der Waals surface area (Å²) in [6, 6.07) is 0. The Kier molecular flexibility index (Phi) is 1.65. The third kappa shape index (κ3) is 1.14. The molecule has 1 aliphatic rings. The van der Waals surface area contributed by atoms with Crippen LogP contribution in [0.4, 0.5) is 0 Å². The van der Waals surface area contributed by atoms with Gasteiger partial charge in [0.05, 0.1) is 12.8 Å². The fourth-order valence-corrected chi connectivity index (χ4v) is 0.674. The first-order chi connectivity index (χ1) is 3.43. The molecule has 2 nitrogen and oxygen atoms in total. The first kappa shape index (κ1) is 5.06. The molecule has 0 radical (unpaired) electrons. The van der Waals surface area contributed by atoms with Gasteiger partial charge in [-0.2, -0.15) is 0 Å². The van der Waals surface area contributed by atoms with Gasteiger partial charge in [0.1, 0.15) is 0 Å². The second-order valence-electron chi connectivity index (χ2n) is 1.89. The number of nitrogens with two attached hydrogens (primary N) is 1. The molecule has 0 aromatic heterocycles. The van der Waals surface area contributed by atoms with Crippen LogP contribution in [-0.4, -0.2) is 12.8 Å². The van der Waals surface area contributed by atoms with Gasteiger partial charge in [-0.1, -0.05) is 0 Å². The highest BCUT2D eigenvalue weighted by molar-refractivity contribution is 4.68. The van der Waals surface area contributed by atoms with Gasteiger partial charge in [0.2, 0.25) is 0 Å². The second kappa shape index (κ2) is 2.28. The van der Waals surface area contributed by atoms with Gasteiger partial charge in [-0.3, -0.25) is 0 Å². The van der Waals surface area contributed by atoms with Crippen molar-refractivity contribution >= 4 is 0 Å². The smallest absolute Gasteiger partial charge is 0.0944 e. The maximum atomic E-state index is 5.12. The Morgan fingerprint density at radius 1 is 1.57 bits per heavy atom. The predicted octanol–water partition coefficient (Wildman–Crippen LogP) is 0.472. The molecule has 0 aromatic rings. The Morgan fingerprint density at radius 2 is 2.29 bits per heavy atom. The van der Waals surface area contributed by atoms with E-state index in [0.29, 0.717) is 12.8 Å². The fraction of sp³-hybridized carbons (Fsp3) is 1.00. The zero-order chi connectivity index (χ0) is 5.11. The van der Waals surface area contributed by atoms with E-state index in [0.717, 1.165) is 0 Å². The monoisotopic (exact) mass is 101 g/mol. The largest absolute Gasteiger partial charge is 0.363 e. The molecule has 1 aliphatic carbocycles. The van der Waals surface area contributed by atoms with Gasteiger partial charge in [-0.25, -0.2) is 0 Å². The minimum Gasteiger partial charge on any atom is -0.363 e. The van der Waals surface area contributed by atoms with Crippen molar-refractivity contribution in [3.8, 4) is 0 Å². The Bertz CT molecular complexity index is 52.0. The molecule has 0 amide bonds. The van der Waals surface area contributed by atoms with Gasteiger partial charge in [0, 0.05) is 0 Å². The van der Waals surface area contributed by atoms with Crippen LogP contribution in [0.25, 0.3) is 0 Å². The minimum absolute atomic E-state index is 0.394. The average molecular weight is 101 g/mol. The summed E-state index contributed by atoms with van der Waals surface area (Å²) < 4.78 is 5.06. The molecule has 1 rings (SSSR count). The van der Waals surface area contributed by atoms with E-state index >= 15 is 0 Å². The van der Waals surface area contributed by atoms with Crippen LogP contribution in [0, 0.1) is 0 Å². The molecule has 2 N–H and O–H groups in total. The molecular formula is C5H11NO. The van der Waals surface area contributed by atoms with Crippen molar-refractivity contribution in [2.45, 2.75) is 25.4 Å². The van der Waals surface area contributed by atoms with Crippen molar-refractivity contribution in [2.75, 3.05) is 6.73 Å². The molecule has 0 spiro atoms. The standard InChI is InChI=1S/C5H11NO/c6-4-7-5-2-1-3-5/h5H,1-4,6H2. The first-order valence-electron chi connectivity index (χ1n) is 2.75. The van der Waals surface area contributed by atoms with Gasteiger partial charge in [-0.15, -0.1) is 0 Å². The van der Waals surface area contributed by atoms with E-state index < -0.39 is 0 Å². The topological polar surface area (TPSA) is 35.2 Å². The van der Waals surface area contributed by atoms with Crippen LogP contribution >= 0.6 is 0 Å². The van der Waals surface area contributed by atoms with E-state index in [-0.39, 0.29) is 0 Å². The molecule has 0 unspecified atom stereocenters. The van der Waals surface area contributed by atoms with Gasteiger partial charge in [0.25, 0.3) is 0 Å². The van der Waals surface area contributed by atoms with Crippen molar-refractivity contribution in [3.63, 3.8) is 0 Å². The molecule has 2 heteroatoms. The van der Waals surface area contributed by atoms with Crippen LogP contribution in [0.1, 0.15) is 19.3 Å².